The molecule has 0 aliphatic heterocycles. The number of carbonyl (C=O) groups is 1. The highest BCUT2D eigenvalue weighted by atomic mass is 127. The molecule has 39 heavy (non-hydrogen) atoms. The van der Waals surface area contributed by atoms with Crippen LogP contribution in [-0.4, -0.2) is 58.3 Å². The molecule has 222 valence electrons. The monoisotopic (exact) mass is 770 g/mol. The molecule has 0 amide bonds. The molecule has 8 heteroatoms. The van der Waals surface area contributed by atoms with Crippen molar-refractivity contribution in [2.24, 2.45) is 11.8 Å². The van der Waals surface area contributed by atoms with Gasteiger partial charge in [-0.05, 0) is 45.4 Å². The number of hydrogen-bond acceptors (Lipinski definition) is 6. The van der Waals surface area contributed by atoms with Gasteiger partial charge in [0.2, 0.25) is 0 Å². The fourth-order valence-electron chi connectivity index (χ4n) is 3.60. The molecule has 0 aromatic rings. The maximum Gasteiger partial charge on any atom is 0.308 e. The topological polar surface area (TPSA) is 107 Å². The molecule has 7 unspecified atom stereocenters. The Morgan fingerprint density at radius 2 is 1.31 bits per heavy atom. The number of aliphatic hydroxyl groups excluding tert-OH is 4. The van der Waals surface area contributed by atoms with Crippen molar-refractivity contribution in [2.45, 2.75) is 98.7 Å². The summed E-state index contributed by atoms with van der Waals surface area (Å²) in [6.45, 7) is 9.78. The van der Waals surface area contributed by atoms with Crippen molar-refractivity contribution in [3.05, 3.63) is 72.9 Å². The summed E-state index contributed by atoms with van der Waals surface area (Å²) in [5, 5.41) is 39.8. The number of hydrogen-bond donors (Lipinski definition) is 4. The molecule has 0 aromatic carbocycles. The summed E-state index contributed by atoms with van der Waals surface area (Å²) < 4.78 is 5.42. The Morgan fingerprint density at radius 3 is 1.82 bits per heavy atom. The highest BCUT2D eigenvalue weighted by Crippen LogP contribution is 2.45. The standard InChI is InChI=1S/C31H48I2O6/c1-6-8-9-10-11-12-13-14-15-16-17-18-23(3)31(32,33)24(4)25(5)39-30(38)22-27(35)21-26(34)19-20-29(37)28(36)7-2/h6,8-18,23-29,34-37H,7,19-22H2,1-5H3/b8-6+,10-9+,12-11+,14-13+,16-15+,18-17+. The van der Waals surface area contributed by atoms with Crippen LogP contribution >= 0.6 is 45.2 Å². The van der Waals surface area contributed by atoms with Gasteiger partial charge in [-0.3, -0.25) is 4.79 Å². The van der Waals surface area contributed by atoms with Gasteiger partial charge in [0.05, 0.1) is 32.3 Å². The Hall–Kier alpha value is -0.790. The van der Waals surface area contributed by atoms with Crippen molar-refractivity contribution >= 4 is 51.2 Å². The number of ether oxygens (including phenoxy) is 1. The van der Waals surface area contributed by atoms with E-state index in [1.165, 1.54) is 0 Å². The molecule has 0 saturated carbocycles. The minimum absolute atomic E-state index is 0.00487. The molecule has 0 saturated heterocycles. The smallest absolute Gasteiger partial charge is 0.308 e. The molecule has 6 nitrogen and oxygen atoms in total. The molecule has 0 rings (SSSR count). The first kappa shape index (κ1) is 38.2. The average Bonchev–Trinajstić information content (AvgIpc) is 2.88. The average molecular weight is 771 g/mol. The fourth-order valence-corrected chi connectivity index (χ4v) is 5.03. The molecule has 7 atom stereocenters. The first-order valence-corrected chi connectivity index (χ1v) is 15.8. The highest BCUT2D eigenvalue weighted by molar-refractivity contribution is 14.2. The van der Waals surface area contributed by atoms with E-state index in [2.05, 4.69) is 58.2 Å². The van der Waals surface area contributed by atoms with Gasteiger partial charge in [0.15, 0.2) is 0 Å². The van der Waals surface area contributed by atoms with Crippen molar-refractivity contribution in [3.8, 4) is 0 Å². The van der Waals surface area contributed by atoms with Crippen LogP contribution in [0.1, 0.15) is 66.7 Å². The molecule has 0 radical (unpaired) electrons. The van der Waals surface area contributed by atoms with E-state index in [9.17, 15) is 25.2 Å². The summed E-state index contributed by atoms with van der Waals surface area (Å²) in [4.78, 5) is 12.4. The predicted octanol–water partition coefficient (Wildman–Crippen LogP) is 6.53. The summed E-state index contributed by atoms with van der Waals surface area (Å²) in [6, 6.07) is 0. The lowest BCUT2D eigenvalue weighted by Gasteiger charge is -2.35. The summed E-state index contributed by atoms with van der Waals surface area (Å²) in [5.41, 5.74) is 0. The van der Waals surface area contributed by atoms with Crippen LogP contribution < -0.4 is 0 Å². The number of allylic oxidation sites excluding steroid dienone is 12. The van der Waals surface area contributed by atoms with Crippen molar-refractivity contribution in [2.75, 3.05) is 0 Å². The Balaban J connectivity index is 4.65. The lowest BCUT2D eigenvalue weighted by molar-refractivity contribution is -0.153. The number of aliphatic hydroxyl groups is 4. The van der Waals surface area contributed by atoms with Crippen LogP contribution in [0.2, 0.25) is 0 Å². The summed E-state index contributed by atoms with van der Waals surface area (Å²) in [5.74, 6) is -0.285. The molecule has 0 aromatic heterocycles. The number of esters is 1. The van der Waals surface area contributed by atoms with E-state index >= 15 is 0 Å². The van der Waals surface area contributed by atoms with Gasteiger partial charge in [0, 0.05) is 5.92 Å². The van der Waals surface area contributed by atoms with Gasteiger partial charge in [0.1, 0.15) is 6.10 Å². The van der Waals surface area contributed by atoms with Crippen LogP contribution in [0.25, 0.3) is 0 Å². The summed E-state index contributed by atoms with van der Waals surface area (Å²) in [6.07, 6.45) is 20.5. The zero-order valence-corrected chi connectivity index (χ0v) is 28.2. The largest absolute Gasteiger partial charge is 0.462 e. The fraction of sp³-hybridized carbons (Fsp3) is 0.581. The second kappa shape index (κ2) is 21.9. The van der Waals surface area contributed by atoms with Gasteiger partial charge in [-0.2, -0.15) is 0 Å². The van der Waals surface area contributed by atoms with Crippen LogP contribution in [0.15, 0.2) is 72.9 Å². The third-order valence-electron chi connectivity index (χ3n) is 6.43. The van der Waals surface area contributed by atoms with Crippen molar-refractivity contribution in [1.29, 1.82) is 0 Å². The first-order valence-electron chi connectivity index (χ1n) is 13.6. The van der Waals surface area contributed by atoms with E-state index in [-0.39, 0.29) is 45.1 Å². The third kappa shape index (κ3) is 17.6. The molecule has 4 N–H and O–H groups in total. The zero-order valence-electron chi connectivity index (χ0n) is 23.9. The van der Waals surface area contributed by atoms with Gasteiger partial charge < -0.3 is 25.2 Å². The minimum Gasteiger partial charge on any atom is -0.462 e. The predicted molar refractivity (Wildman–Crippen MR) is 178 cm³/mol. The lowest BCUT2D eigenvalue weighted by atomic mass is 9.92. The van der Waals surface area contributed by atoms with Gasteiger partial charge in [-0.25, -0.2) is 0 Å². The van der Waals surface area contributed by atoms with Gasteiger partial charge >= 0.3 is 5.97 Å². The van der Waals surface area contributed by atoms with Gasteiger partial charge in [0.25, 0.3) is 0 Å². The van der Waals surface area contributed by atoms with E-state index in [0.717, 1.165) is 0 Å². The second-order valence-electron chi connectivity index (χ2n) is 9.76. The van der Waals surface area contributed by atoms with Gasteiger partial charge in [-0.1, -0.05) is 139 Å². The minimum atomic E-state index is -1.04. The summed E-state index contributed by atoms with van der Waals surface area (Å²) >= 11 is 4.82. The Labute approximate surface area is 263 Å². The van der Waals surface area contributed by atoms with Crippen LogP contribution in [0.3, 0.4) is 0 Å². The van der Waals surface area contributed by atoms with E-state index < -0.39 is 30.4 Å². The second-order valence-corrected chi connectivity index (χ2v) is 15.4. The normalized spacial score (nSPS) is 18.9. The molecule has 0 aliphatic rings. The quantitative estimate of drug-likeness (QED) is 0.0516. The van der Waals surface area contributed by atoms with Crippen LogP contribution in [0.5, 0.6) is 0 Å². The van der Waals surface area contributed by atoms with Crippen LogP contribution in [-0.2, 0) is 9.53 Å². The summed E-state index contributed by atoms with van der Waals surface area (Å²) in [7, 11) is 0. The van der Waals surface area contributed by atoms with E-state index in [1.54, 1.807) is 6.92 Å². The van der Waals surface area contributed by atoms with Crippen molar-refractivity contribution < 1.29 is 30.0 Å². The molecular weight excluding hydrogens is 722 g/mol. The maximum atomic E-state index is 12.4. The lowest BCUT2D eigenvalue weighted by Crippen LogP contribution is -2.38. The van der Waals surface area contributed by atoms with Crippen LogP contribution in [0, 0.1) is 11.8 Å². The van der Waals surface area contributed by atoms with Crippen molar-refractivity contribution in [3.63, 3.8) is 0 Å². The Bertz CT molecular complexity index is 846. The highest BCUT2D eigenvalue weighted by Gasteiger charge is 2.39. The number of alkyl halides is 2. The van der Waals surface area contributed by atoms with E-state index in [1.807, 2.05) is 87.6 Å². The van der Waals surface area contributed by atoms with Crippen LogP contribution in [0.4, 0.5) is 0 Å². The third-order valence-corrected chi connectivity index (χ3v) is 10.4. The zero-order chi connectivity index (χ0) is 29.8. The molecule has 0 bridgehead atoms. The number of halogens is 2. The molecule has 0 fully saturated rings. The van der Waals surface area contributed by atoms with Crippen molar-refractivity contribution in [1.82, 2.24) is 0 Å². The molecule has 0 aliphatic carbocycles. The van der Waals surface area contributed by atoms with Gasteiger partial charge in [-0.15, -0.1) is 0 Å². The van der Waals surface area contributed by atoms with E-state index in [4.69, 9.17) is 4.74 Å². The number of carbonyl (C=O) groups excluding carboxylic acids is 1. The molecule has 0 spiro atoms. The molecule has 0 heterocycles. The molecular formula is C31H48I2O6. The Kier molecular flexibility index (Phi) is 21.4. The maximum absolute atomic E-state index is 12.4. The van der Waals surface area contributed by atoms with E-state index in [0.29, 0.717) is 6.42 Å². The first-order chi connectivity index (χ1) is 18.4. The number of rotatable bonds is 19. The Morgan fingerprint density at radius 1 is 0.795 bits per heavy atom. The SMILES string of the molecule is C/C=C/C=C/C=C/C=C/C=C/C=C/C(C)C(I)(I)C(C)C(C)OC(=O)CC(O)CC(O)CCC(O)C(O)CC.